The van der Waals surface area contributed by atoms with Gasteiger partial charge >= 0.3 is 0 Å². The molecular formula is C34H45N5O4. The molecule has 43 heavy (non-hydrogen) atoms. The number of carbonyl (C=O) groups is 3. The summed E-state index contributed by atoms with van der Waals surface area (Å²) in [5, 5.41) is 5.80. The molecular weight excluding hydrogens is 542 g/mol. The molecule has 3 amide bonds. The SMILES string of the molecule is COc1ccc(C(C(=O)N2CCC(C)CC2)n2ccc(NC(=O)[C@@H](CCCc3ccccc3)NC(=O)C(C)(C)N)c2)cc1. The van der Waals surface area contributed by atoms with Crippen molar-refractivity contribution in [3.63, 3.8) is 0 Å². The number of hydrogen-bond donors (Lipinski definition) is 3. The molecule has 3 aromatic rings. The van der Waals surface area contributed by atoms with E-state index in [2.05, 4.69) is 17.6 Å². The van der Waals surface area contributed by atoms with E-state index in [0.29, 0.717) is 30.2 Å². The Kier molecular flexibility index (Phi) is 10.6. The highest BCUT2D eigenvalue weighted by Gasteiger charge is 2.31. The first-order valence-electron chi connectivity index (χ1n) is 15.1. The molecule has 2 atom stereocenters. The lowest BCUT2D eigenvalue weighted by molar-refractivity contribution is -0.135. The summed E-state index contributed by atoms with van der Waals surface area (Å²) >= 11 is 0. The van der Waals surface area contributed by atoms with E-state index in [0.717, 1.165) is 37.9 Å². The van der Waals surface area contributed by atoms with Crippen LogP contribution in [0.15, 0.2) is 73.1 Å². The molecule has 0 saturated carbocycles. The van der Waals surface area contributed by atoms with Gasteiger partial charge in [-0.05, 0) is 81.2 Å². The fraction of sp³-hybridized carbons (Fsp3) is 0.441. The van der Waals surface area contributed by atoms with Crippen molar-refractivity contribution < 1.29 is 19.1 Å². The summed E-state index contributed by atoms with van der Waals surface area (Å²) < 4.78 is 7.16. The maximum atomic E-state index is 13.9. The molecule has 0 bridgehead atoms. The molecule has 1 saturated heterocycles. The molecule has 2 heterocycles. The van der Waals surface area contributed by atoms with Gasteiger partial charge in [-0.2, -0.15) is 0 Å². The average molecular weight is 588 g/mol. The molecule has 1 aliphatic rings. The van der Waals surface area contributed by atoms with Gasteiger partial charge in [-0.1, -0.05) is 49.4 Å². The second-order valence-electron chi connectivity index (χ2n) is 12.1. The number of aromatic nitrogens is 1. The molecule has 9 heteroatoms. The maximum absolute atomic E-state index is 13.9. The predicted octanol–water partition coefficient (Wildman–Crippen LogP) is 4.53. The van der Waals surface area contributed by atoms with E-state index in [4.69, 9.17) is 10.5 Å². The Morgan fingerprint density at radius 3 is 2.33 bits per heavy atom. The van der Waals surface area contributed by atoms with Gasteiger partial charge < -0.3 is 30.6 Å². The van der Waals surface area contributed by atoms with Gasteiger partial charge in [0.1, 0.15) is 17.8 Å². The third-order valence-electron chi connectivity index (χ3n) is 8.05. The minimum absolute atomic E-state index is 0.0155. The predicted molar refractivity (Wildman–Crippen MR) is 169 cm³/mol. The number of carbonyl (C=O) groups excluding carboxylic acids is 3. The Morgan fingerprint density at radius 2 is 1.70 bits per heavy atom. The zero-order valence-corrected chi connectivity index (χ0v) is 25.7. The highest BCUT2D eigenvalue weighted by atomic mass is 16.5. The van der Waals surface area contributed by atoms with Gasteiger partial charge in [0.2, 0.25) is 17.7 Å². The van der Waals surface area contributed by atoms with Crippen LogP contribution in [0.4, 0.5) is 5.69 Å². The summed E-state index contributed by atoms with van der Waals surface area (Å²) in [4.78, 5) is 42.0. The van der Waals surface area contributed by atoms with E-state index in [-0.39, 0.29) is 11.8 Å². The van der Waals surface area contributed by atoms with E-state index >= 15 is 0 Å². The molecule has 1 aliphatic heterocycles. The first-order valence-corrected chi connectivity index (χ1v) is 15.1. The van der Waals surface area contributed by atoms with Gasteiger partial charge in [0, 0.05) is 25.5 Å². The molecule has 0 aliphatic carbocycles. The summed E-state index contributed by atoms with van der Waals surface area (Å²) in [5.74, 6) is 0.597. The highest BCUT2D eigenvalue weighted by molar-refractivity contribution is 5.98. The van der Waals surface area contributed by atoms with E-state index < -0.39 is 23.5 Å². The number of hydrogen-bond acceptors (Lipinski definition) is 5. The third kappa shape index (κ3) is 8.70. The first-order chi connectivity index (χ1) is 20.5. The quantitative estimate of drug-likeness (QED) is 0.288. The fourth-order valence-corrected chi connectivity index (χ4v) is 5.28. The molecule has 9 nitrogen and oxygen atoms in total. The number of amides is 3. The number of benzene rings is 2. The van der Waals surface area contributed by atoms with E-state index in [1.165, 1.54) is 5.56 Å². The lowest BCUT2D eigenvalue weighted by atomic mass is 9.97. The van der Waals surface area contributed by atoms with Crippen LogP contribution in [-0.4, -0.2) is 59.0 Å². The number of likely N-dealkylation sites (tertiary alicyclic amines) is 1. The smallest absolute Gasteiger partial charge is 0.250 e. The zero-order chi connectivity index (χ0) is 31.0. The van der Waals surface area contributed by atoms with Gasteiger partial charge in [-0.3, -0.25) is 14.4 Å². The molecule has 4 rings (SSSR count). The van der Waals surface area contributed by atoms with Crippen molar-refractivity contribution in [2.24, 2.45) is 11.7 Å². The van der Waals surface area contributed by atoms with Crippen molar-refractivity contribution in [3.05, 3.63) is 84.2 Å². The summed E-state index contributed by atoms with van der Waals surface area (Å²) in [6.07, 6.45) is 7.47. The summed E-state index contributed by atoms with van der Waals surface area (Å²) in [5.41, 5.74) is 7.43. The van der Waals surface area contributed by atoms with Crippen molar-refractivity contribution in [3.8, 4) is 5.75 Å². The molecule has 0 spiro atoms. The van der Waals surface area contributed by atoms with Gasteiger partial charge in [-0.15, -0.1) is 0 Å². The minimum Gasteiger partial charge on any atom is -0.497 e. The average Bonchev–Trinajstić information content (AvgIpc) is 3.45. The Balaban J connectivity index is 1.52. The summed E-state index contributed by atoms with van der Waals surface area (Å²) in [6, 6.07) is 17.9. The Bertz CT molecular complexity index is 1360. The van der Waals surface area contributed by atoms with Crippen molar-refractivity contribution in [1.82, 2.24) is 14.8 Å². The van der Waals surface area contributed by atoms with Gasteiger partial charge in [0.05, 0.1) is 18.3 Å². The number of rotatable bonds is 12. The van der Waals surface area contributed by atoms with Crippen LogP contribution in [-0.2, 0) is 20.8 Å². The van der Waals surface area contributed by atoms with Gasteiger partial charge in [0.25, 0.3) is 0 Å². The van der Waals surface area contributed by atoms with Crippen LogP contribution in [0.1, 0.15) is 63.6 Å². The third-order valence-corrected chi connectivity index (χ3v) is 8.05. The Morgan fingerprint density at radius 1 is 1.02 bits per heavy atom. The van der Waals surface area contributed by atoms with Gasteiger partial charge in [-0.25, -0.2) is 0 Å². The number of nitrogens with two attached hydrogens (primary N) is 1. The molecule has 2 aromatic carbocycles. The van der Waals surface area contributed by atoms with Crippen LogP contribution in [0, 0.1) is 5.92 Å². The lowest BCUT2D eigenvalue weighted by Crippen LogP contribution is -2.54. The number of nitrogens with zero attached hydrogens (tertiary/aromatic N) is 2. The standard InChI is InChI=1S/C34H45N5O4/c1-24-17-20-38(21-18-24)32(41)30(26-13-15-28(43-4)16-14-26)39-22-19-27(23-39)36-31(40)29(37-33(42)34(2,3)35)12-8-11-25-9-6-5-7-10-25/h5-7,9-10,13-16,19,22-24,29-30H,8,11-12,17-18,20-21,35H2,1-4H3,(H,36,40)(H,37,42)/t29-,30?/m1/s1. The number of nitrogens with one attached hydrogen (secondary N) is 2. The topological polar surface area (TPSA) is 119 Å². The largest absolute Gasteiger partial charge is 0.497 e. The zero-order valence-electron chi connectivity index (χ0n) is 25.7. The molecule has 230 valence electrons. The number of methoxy groups -OCH3 is 1. The molecule has 1 unspecified atom stereocenters. The van der Waals surface area contributed by atoms with Crippen molar-refractivity contribution in [2.45, 2.75) is 70.5 Å². The normalized spacial score (nSPS) is 15.4. The van der Waals surface area contributed by atoms with Crippen molar-refractivity contribution in [2.75, 3.05) is 25.5 Å². The van der Waals surface area contributed by atoms with E-state index in [1.807, 2.05) is 64.1 Å². The van der Waals surface area contributed by atoms with Crippen LogP contribution in [0.2, 0.25) is 0 Å². The number of aryl methyl sites for hydroxylation is 1. The molecule has 1 fully saturated rings. The Hall–Kier alpha value is -4.11. The summed E-state index contributed by atoms with van der Waals surface area (Å²) in [7, 11) is 1.61. The van der Waals surface area contributed by atoms with E-state index in [1.54, 1.807) is 39.4 Å². The first kappa shape index (κ1) is 31.8. The van der Waals surface area contributed by atoms with Crippen LogP contribution in [0.25, 0.3) is 0 Å². The Labute approximate surface area is 254 Å². The lowest BCUT2D eigenvalue weighted by Gasteiger charge is -2.33. The highest BCUT2D eigenvalue weighted by Crippen LogP contribution is 2.28. The second kappa shape index (κ2) is 14.4. The second-order valence-corrected chi connectivity index (χ2v) is 12.1. The number of anilines is 1. The molecule has 0 radical (unpaired) electrons. The molecule has 1 aromatic heterocycles. The van der Waals surface area contributed by atoms with Crippen LogP contribution in [0.5, 0.6) is 5.75 Å². The summed E-state index contributed by atoms with van der Waals surface area (Å²) in [6.45, 7) is 6.88. The van der Waals surface area contributed by atoms with Crippen molar-refractivity contribution >= 4 is 23.4 Å². The monoisotopic (exact) mass is 587 g/mol. The number of ether oxygens (including phenoxy) is 1. The van der Waals surface area contributed by atoms with Crippen LogP contribution in [0.3, 0.4) is 0 Å². The van der Waals surface area contributed by atoms with E-state index in [9.17, 15) is 14.4 Å². The number of piperidine rings is 1. The molecule has 4 N–H and O–H groups in total. The van der Waals surface area contributed by atoms with Gasteiger partial charge in [0.15, 0.2) is 0 Å². The van der Waals surface area contributed by atoms with Crippen LogP contribution >= 0.6 is 0 Å². The maximum Gasteiger partial charge on any atom is 0.250 e. The van der Waals surface area contributed by atoms with Crippen LogP contribution < -0.4 is 21.1 Å². The van der Waals surface area contributed by atoms with Crippen molar-refractivity contribution in [1.29, 1.82) is 0 Å². The fourth-order valence-electron chi connectivity index (χ4n) is 5.28. The minimum atomic E-state index is -1.13.